The molecule has 1 aliphatic heterocycles. The van der Waals surface area contributed by atoms with E-state index in [2.05, 4.69) is 42.0 Å². The first-order valence-electron chi connectivity index (χ1n) is 6.37. The molecule has 0 atom stereocenters. The van der Waals surface area contributed by atoms with Gasteiger partial charge in [0.2, 0.25) is 0 Å². The lowest BCUT2D eigenvalue weighted by Crippen LogP contribution is -1.94. The lowest BCUT2D eigenvalue weighted by molar-refractivity contribution is 1.28. The molecule has 0 amide bonds. The molecule has 94 valence electrons. The molecule has 2 rings (SSSR count). The van der Waals surface area contributed by atoms with E-state index in [1.807, 2.05) is 32.2 Å². The van der Waals surface area contributed by atoms with Crippen LogP contribution in [0.1, 0.15) is 43.4 Å². The van der Waals surface area contributed by atoms with Gasteiger partial charge in [-0.1, -0.05) is 44.8 Å². The molecule has 1 aromatic rings. The molecule has 0 saturated heterocycles. The molecule has 18 heavy (non-hydrogen) atoms. The van der Waals surface area contributed by atoms with E-state index in [-0.39, 0.29) is 0 Å². The number of hydrogen-bond donors (Lipinski definition) is 0. The van der Waals surface area contributed by atoms with Crippen LogP contribution < -0.4 is 0 Å². The summed E-state index contributed by atoms with van der Waals surface area (Å²) in [6.45, 7) is 6.06. The van der Waals surface area contributed by atoms with Crippen LogP contribution in [0.25, 0.3) is 0 Å². The molecule has 0 aromatic carbocycles. The molecule has 1 aliphatic rings. The Balaban J connectivity index is 0.000000771. The van der Waals surface area contributed by atoms with Crippen molar-refractivity contribution in [1.82, 2.24) is 0 Å². The maximum atomic E-state index is 4.42. The van der Waals surface area contributed by atoms with Gasteiger partial charge in [-0.05, 0) is 18.2 Å². The molecular weight excluding hydrogens is 238 g/mol. The number of thiophene rings is 1. The van der Waals surface area contributed by atoms with Gasteiger partial charge in [-0.3, -0.25) is 4.99 Å². The fourth-order valence-corrected chi connectivity index (χ4v) is 2.28. The summed E-state index contributed by atoms with van der Waals surface area (Å²) in [5.41, 5.74) is 1.12. The number of rotatable bonds is 1. The van der Waals surface area contributed by atoms with Crippen molar-refractivity contribution < 1.29 is 0 Å². The Bertz CT molecular complexity index is 507. The highest BCUT2D eigenvalue weighted by atomic mass is 32.1. The van der Waals surface area contributed by atoms with Gasteiger partial charge >= 0.3 is 0 Å². The van der Waals surface area contributed by atoms with Crippen LogP contribution in [-0.4, -0.2) is 5.71 Å². The zero-order chi connectivity index (χ0) is 13.2. The van der Waals surface area contributed by atoms with Crippen molar-refractivity contribution in [2.75, 3.05) is 0 Å². The van der Waals surface area contributed by atoms with Crippen molar-refractivity contribution in [3.63, 3.8) is 0 Å². The Kier molecular flexibility index (Phi) is 6.83. The molecule has 0 unspecified atom stereocenters. The molecule has 0 fully saturated rings. The van der Waals surface area contributed by atoms with Gasteiger partial charge in [-0.15, -0.1) is 11.3 Å². The van der Waals surface area contributed by atoms with Gasteiger partial charge in [0.15, 0.2) is 0 Å². The van der Waals surface area contributed by atoms with Gasteiger partial charge in [0.25, 0.3) is 0 Å². The Labute approximate surface area is 114 Å². The third kappa shape index (κ3) is 4.35. The summed E-state index contributed by atoms with van der Waals surface area (Å²) in [5, 5.41) is 0. The number of allylic oxidation sites excluding steroid dienone is 3. The first-order valence-corrected chi connectivity index (χ1v) is 7.19. The van der Waals surface area contributed by atoms with Crippen LogP contribution in [0.5, 0.6) is 0 Å². The highest BCUT2D eigenvalue weighted by Crippen LogP contribution is 2.19. The molecule has 1 aromatic heterocycles. The molecule has 0 N–H and O–H groups in total. The normalized spacial score (nSPS) is 12.7. The summed E-state index contributed by atoms with van der Waals surface area (Å²) in [7, 11) is 0. The molecule has 0 aliphatic carbocycles. The first-order chi connectivity index (χ1) is 8.90. The summed E-state index contributed by atoms with van der Waals surface area (Å²) in [4.78, 5) is 6.76. The fourth-order valence-electron chi connectivity index (χ4n) is 1.39. The molecule has 0 bridgehead atoms. The summed E-state index contributed by atoms with van der Waals surface area (Å²) >= 11 is 1.72. The first kappa shape index (κ1) is 14.5. The Morgan fingerprint density at radius 1 is 1.28 bits per heavy atom. The van der Waals surface area contributed by atoms with Crippen molar-refractivity contribution in [3.8, 4) is 11.8 Å². The van der Waals surface area contributed by atoms with Gasteiger partial charge in [0.1, 0.15) is 0 Å². The summed E-state index contributed by atoms with van der Waals surface area (Å²) in [6.07, 6.45) is 9.75. The topological polar surface area (TPSA) is 12.4 Å². The van der Waals surface area contributed by atoms with Crippen LogP contribution in [0.2, 0.25) is 0 Å². The maximum Gasteiger partial charge on any atom is 0.0775 e. The monoisotopic (exact) mass is 257 g/mol. The second-order valence-corrected chi connectivity index (χ2v) is 4.45. The molecule has 0 spiro atoms. The van der Waals surface area contributed by atoms with E-state index in [4.69, 9.17) is 0 Å². The van der Waals surface area contributed by atoms with Crippen molar-refractivity contribution in [1.29, 1.82) is 0 Å². The molecule has 2 heterocycles. The standard InChI is InChI=1S/C14H13NS.C2H6/c1-2-3-7-12-9-10-14(16-12)13-8-5-4-6-11-15-13;1-2/h4-6,9-11H,2,8H2,1H3;1-2H3. The predicted molar refractivity (Wildman–Crippen MR) is 82.3 cm³/mol. The SMILES string of the molecule is CC.CCC#Cc1ccc(C2=NC=CC=CC2)s1. The predicted octanol–water partition coefficient (Wildman–Crippen LogP) is 4.80. The van der Waals surface area contributed by atoms with Crippen LogP contribution in [0.4, 0.5) is 0 Å². The van der Waals surface area contributed by atoms with Crippen LogP contribution in [0.3, 0.4) is 0 Å². The van der Waals surface area contributed by atoms with Crippen molar-refractivity contribution in [2.45, 2.75) is 33.6 Å². The van der Waals surface area contributed by atoms with Crippen molar-refractivity contribution in [3.05, 3.63) is 46.3 Å². The van der Waals surface area contributed by atoms with Gasteiger partial charge < -0.3 is 0 Å². The third-order valence-electron chi connectivity index (χ3n) is 2.15. The van der Waals surface area contributed by atoms with Crippen LogP contribution in [0, 0.1) is 11.8 Å². The minimum atomic E-state index is 0.897. The van der Waals surface area contributed by atoms with Crippen molar-refractivity contribution in [2.24, 2.45) is 4.99 Å². The Hall–Kier alpha value is -1.59. The van der Waals surface area contributed by atoms with E-state index >= 15 is 0 Å². The number of nitrogens with zero attached hydrogens (tertiary/aromatic N) is 1. The summed E-state index contributed by atoms with van der Waals surface area (Å²) in [5.74, 6) is 6.23. The summed E-state index contributed by atoms with van der Waals surface area (Å²) in [6, 6.07) is 4.18. The van der Waals surface area contributed by atoms with Crippen LogP contribution in [0.15, 0.2) is 41.6 Å². The average molecular weight is 257 g/mol. The van der Waals surface area contributed by atoms with Gasteiger partial charge in [-0.2, -0.15) is 0 Å². The number of hydrogen-bond acceptors (Lipinski definition) is 2. The zero-order valence-electron chi connectivity index (χ0n) is 11.2. The van der Waals surface area contributed by atoms with Crippen LogP contribution >= 0.6 is 11.3 Å². The van der Waals surface area contributed by atoms with E-state index in [0.29, 0.717) is 0 Å². The minimum Gasteiger partial charge on any atom is -0.260 e. The van der Waals surface area contributed by atoms with Crippen LogP contribution in [-0.2, 0) is 0 Å². The largest absolute Gasteiger partial charge is 0.260 e. The Morgan fingerprint density at radius 2 is 2.11 bits per heavy atom. The van der Waals surface area contributed by atoms with Gasteiger partial charge in [-0.25, -0.2) is 0 Å². The quantitative estimate of drug-likeness (QED) is 0.641. The number of aliphatic imine (C=N–C) groups is 1. The molecule has 1 nitrogen and oxygen atoms in total. The molecule has 2 heteroatoms. The summed E-state index contributed by atoms with van der Waals surface area (Å²) < 4.78 is 0. The van der Waals surface area contributed by atoms with E-state index in [0.717, 1.165) is 23.4 Å². The average Bonchev–Trinajstić information content (AvgIpc) is 2.72. The smallest absolute Gasteiger partial charge is 0.0775 e. The van der Waals surface area contributed by atoms with E-state index < -0.39 is 0 Å². The zero-order valence-corrected chi connectivity index (χ0v) is 12.1. The third-order valence-corrected chi connectivity index (χ3v) is 3.20. The van der Waals surface area contributed by atoms with Gasteiger partial charge in [0, 0.05) is 19.0 Å². The van der Waals surface area contributed by atoms with E-state index in [1.54, 1.807) is 11.3 Å². The molecular formula is C16H19NS. The second kappa shape index (κ2) is 8.49. The second-order valence-electron chi connectivity index (χ2n) is 3.37. The minimum absolute atomic E-state index is 0.897. The fraction of sp³-hybridized carbons (Fsp3) is 0.312. The maximum absolute atomic E-state index is 4.42. The highest BCUT2D eigenvalue weighted by molar-refractivity contribution is 7.14. The van der Waals surface area contributed by atoms with E-state index in [1.165, 1.54) is 4.88 Å². The molecule has 0 saturated carbocycles. The van der Waals surface area contributed by atoms with Crippen molar-refractivity contribution >= 4 is 17.0 Å². The lowest BCUT2D eigenvalue weighted by Gasteiger charge is -1.96. The highest BCUT2D eigenvalue weighted by Gasteiger charge is 2.05. The Morgan fingerprint density at radius 3 is 2.89 bits per heavy atom. The van der Waals surface area contributed by atoms with E-state index in [9.17, 15) is 0 Å². The molecule has 0 radical (unpaired) electrons. The van der Waals surface area contributed by atoms with Gasteiger partial charge in [0.05, 0.1) is 15.5 Å². The lowest BCUT2D eigenvalue weighted by atomic mass is 10.2.